The van der Waals surface area contributed by atoms with Gasteiger partial charge in [-0.2, -0.15) is 0 Å². The molecule has 1 aromatic carbocycles. The number of rotatable bonds is 6. The highest BCUT2D eigenvalue weighted by Crippen LogP contribution is 2.36. The molecule has 0 bridgehead atoms. The second kappa shape index (κ2) is 8.09. The molecule has 1 atom stereocenters. The molecule has 4 rings (SSSR count). The average Bonchev–Trinajstić information content (AvgIpc) is 3.28. The standard InChI is InChI=1S/C21H22N2O3S2/c1-13(20(25)26-2)27-21-22-18-17(15-9-6-10-16(15)28-18)19(24)23(21)12-11-14-7-4-3-5-8-14/h3-5,7-8,13H,6,9-12H2,1-2H3/t13-/m1/s1. The van der Waals surface area contributed by atoms with Crippen LogP contribution in [-0.4, -0.2) is 27.9 Å². The minimum atomic E-state index is -0.427. The summed E-state index contributed by atoms with van der Waals surface area (Å²) in [5.41, 5.74) is 2.37. The van der Waals surface area contributed by atoms with Gasteiger partial charge < -0.3 is 4.74 Å². The van der Waals surface area contributed by atoms with Crippen LogP contribution < -0.4 is 5.56 Å². The number of fused-ring (bicyclic) bond motifs is 3. The van der Waals surface area contributed by atoms with E-state index in [1.54, 1.807) is 22.8 Å². The number of methoxy groups -OCH3 is 1. The first kappa shape index (κ1) is 19.2. The van der Waals surface area contributed by atoms with Crippen molar-refractivity contribution in [1.29, 1.82) is 0 Å². The molecule has 7 heteroatoms. The van der Waals surface area contributed by atoms with Gasteiger partial charge in [-0.25, -0.2) is 4.98 Å². The maximum Gasteiger partial charge on any atom is 0.318 e. The SMILES string of the molecule is COC(=O)[C@@H](C)Sc1nc2sc3c(c2c(=O)n1CCc1ccccc1)CCC3. The fraction of sp³-hybridized carbons (Fsp3) is 0.381. The van der Waals surface area contributed by atoms with Gasteiger partial charge in [0.25, 0.3) is 5.56 Å². The van der Waals surface area contributed by atoms with Gasteiger partial charge in [-0.05, 0) is 43.7 Å². The molecule has 0 saturated carbocycles. The molecule has 0 saturated heterocycles. The first-order valence-corrected chi connectivity index (χ1v) is 11.1. The van der Waals surface area contributed by atoms with Crippen molar-refractivity contribution in [3.8, 4) is 0 Å². The van der Waals surface area contributed by atoms with Gasteiger partial charge in [-0.3, -0.25) is 14.2 Å². The highest BCUT2D eigenvalue weighted by molar-refractivity contribution is 8.00. The number of hydrogen-bond acceptors (Lipinski definition) is 6. The van der Waals surface area contributed by atoms with Gasteiger partial charge in [-0.15, -0.1) is 11.3 Å². The Balaban J connectivity index is 1.76. The van der Waals surface area contributed by atoms with Gasteiger partial charge in [0, 0.05) is 11.4 Å². The van der Waals surface area contributed by atoms with E-state index >= 15 is 0 Å². The van der Waals surface area contributed by atoms with Gasteiger partial charge in [0.05, 0.1) is 12.5 Å². The number of nitrogens with zero attached hydrogens (tertiary/aromatic N) is 2. The third-order valence-corrected chi connectivity index (χ3v) is 7.33. The second-order valence-corrected chi connectivity index (χ2v) is 9.30. The largest absolute Gasteiger partial charge is 0.468 e. The summed E-state index contributed by atoms with van der Waals surface area (Å²) in [5.74, 6) is -0.317. The molecule has 1 aliphatic rings. The molecule has 28 heavy (non-hydrogen) atoms. The summed E-state index contributed by atoms with van der Waals surface area (Å²) in [6.07, 6.45) is 3.83. The maximum atomic E-state index is 13.4. The van der Waals surface area contributed by atoms with E-state index in [0.29, 0.717) is 11.7 Å². The van der Waals surface area contributed by atoms with Gasteiger partial charge >= 0.3 is 5.97 Å². The van der Waals surface area contributed by atoms with Crippen molar-refractivity contribution < 1.29 is 9.53 Å². The molecule has 2 aromatic heterocycles. The summed E-state index contributed by atoms with van der Waals surface area (Å²) in [4.78, 5) is 32.2. The van der Waals surface area contributed by atoms with Crippen LogP contribution in [0.3, 0.4) is 0 Å². The molecule has 0 radical (unpaired) electrons. The van der Waals surface area contributed by atoms with Crippen LogP contribution >= 0.6 is 23.1 Å². The number of benzene rings is 1. The first-order chi connectivity index (χ1) is 13.6. The van der Waals surface area contributed by atoms with Crippen molar-refractivity contribution in [2.75, 3.05) is 7.11 Å². The number of thioether (sulfide) groups is 1. The van der Waals surface area contributed by atoms with Gasteiger partial charge in [-0.1, -0.05) is 42.1 Å². The second-order valence-electron chi connectivity index (χ2n) is 6.91. The molecule has 3 aromatic rings. The fourth-order valence-corrected chi connectivity index (χ4v) is 5.87. The summed E-state index contributed by atoms with van der Waals surface area (Å²) in [5, 5.41) is 0.941. The van der Waals surface area contributed by atoms with Crippen molar-refractivity contribution in [2.45, 2.75) is 49.6 Å². The summed E-state index contributed by atoms with van der Waals surface area (Å²) in [6.45, 7) is 2.31. The molecule has 0 aliphatic heterocycles. The molecule has 0 spiro atoms. The van der Waals surface area contributed by atoms with Gasteiger partial charge in [0.1, 0.15) is 10.1 Å². The summed E-state index contributed by atoms with van der Waals surface area (Å²) in [6, 6.07) is 10.1. The summed E-state index contributed by atoms with van der Waals surface area (Å²) >= 11 is 2.92. The molecule has 0 N–H and O–H groups in total. The number of esters is 1. The Bertz CT molecular complexity index is 1070. The predicted molar refractivity (Wildman–Crippen MR) is 113 cm³/mol. The molecule has 2 heterocycles. The monoisotopic (exact) mass is 414 g/mol. The number of ether oxygens (including phenoxy) is 1. The number of carbonyl (C=O) groups is 1. The third-order valence-electron chi connectivity index (χ3n) is 5.07. The van der Waals surface area contributed by atoms with E-state index in [1.807, 2.05) is 18.2 Å². The molecule has 0 fully saturated rings. The molecule has 0 amide bonds. The number of hydrogen-bond donors (Lipinski definition) is 0. The number of aromatic nitrogens is 2. The van der Waals surface area contributed by atoms with Gasteiger partial charge in [0.15, 0.2) is 5.16 Å². The zero-order valence-electron chi connectivity index (χ0n) is 15.9. The van der Waals surface area contributed by atoms with Crippen LogP contribution in [0.2, 0.25) is 0 Å². The fourth-order valence-electron chi connectivity index (χ4n) is 3.60. The summed E-state index contributed by atoms with van der Waals surface area (Å²) < 4.78 is 6.59. The van der Waals surface area contributed by atoms with Crippen LogP contribution in [0.15, 0.2) is 40.3 Å². The Morgan fingerprint density at radius 1 is 1.32 bits per heavy atom. The average molecular weight is 415 g/mol. The lowest BCUT2D eigenvalue weighted by Crippen LogP contribution is -2.26. The number of carbonyl (C=O) groups excluding carboxylic acids is 1. The Hall–Kier alpha value is -2.12. The first-order valence-electron chi connectivity index (χ1n) is 9.42. The van der Waals surface area contributed by atoms with E-state index in [0.717, 1.165) is 35.9 Å². The van der Waals surface area contributed by atoms with Crippen LogP contribution in [0.1, 0.15) is 29.3 Å². The molecule has 5 nitrogen and oxygen atoms in total. The zero-order chi connectivity index (χ0) is 19.7. The predicted octanol–water partition coefficient (Wildman–Crippen LogP) is 3.84. The van der Waals surface area contributed by atoms with E-state index in [1.165, 1.54) is 34.9 Å². The lowest BCUT2D eigenvalue weighted by Gasteiger charge is -2.15. The lowest BCUT2D eigenvalue weighted by atomic mass is 10.1. The Morgan fingerprint density at radius 2 is 2.11 bits per heavy atom. The highest BCUT2D eigenvalue weighted by atomic mass is 32.2. The molecule has 0 unspecified atom stereocenters. The van der Waals surface area contributed by atoms with Crippen molar-refractivity contribution in [2.24, 2.45) is 0 Å². The van der Waals surface area contributed by atoms with Gasteiger partial charge in [0.2, 0.25) is 0 Å². The Labute approximate surface area is 171 Å². The van der Waals surface area contributed by atoms with Crippen LogP contribution in [0, 0.1) is 0 Å². The van der Waals surface area contributed by atoms with Crippen LogP contribution in [0.25, 0.3) is 10.2 Å². The van der Waals surface area contributed by atoms with Crippen molar-refractivity contribution in [3.05, 3.63) is 56.7 Å². The van der Waals surface area contributed by atoms with Crippen molar-refractivity contribution in [1.82, 2.24) is 9.55 Å². The molecule has 1 aliphatic carbocycles. The minimum absolute atomic E-state index is 0.0138. The van der Waals surface area contributed by atoms with Crippen molar-refractivity contribution in [3.63, 3.8) is 0 Å². The lowest BCUT2D eigenvalue weighted by molar-refractivity contribution is -0.139. The van der Waals surface area contributed by atoms with E-state index in [4.69, 9.17) is 9.72 Å². The highest BCUT2D eigenvalue weighted by Gasteiger charge is 2.25. The molecular formula is C21H22N2O3S2. The van der Waals surface area contributed by atoms with E-state index < -0.39 is 5.25 Å². The van der Waals surface area contributed by atoms with Crippen LogP contribution in [-0.2, 0) is 35.3 Å². The van der Waals surface area contributed by atoms with E-state index in [-0.39, 0.29) is 11.5 Å². The number of thiophene rings is 1. The van der Waals surface area contributed by atoms with E-state index in [2.05, 4.69) is 12.1 Å². The molecular weight excluding hydrogens is 392 g/mol. The minimum Gasteiger partial charge on any atom is -0.468 e. The quantitative estimate of drug-likeness (QED) is 0.348. The molecule has 146 valence electrons. The maximum absolute atomic E-state index is 13.4. The zero-order valence-corrected chi connectivity index (χ0v) is 17.6. The third kappa shape index (κ3) is 3.61. The normalized spacial score (nSPS) is 14.2. The van der Waals surface area contributed by atoms with Crippen molar-refractivity contribution >= 4 is 39.3 Å². The van der Waals surface area contributed by atoms with E-state index in [9.17, 15) is 9.59 Å². The van der Waals surface area contributed by atoms with Crippen LogP contribution in [0.5, 0.6) is 0 Å². The van der Waals surface area contributed by atoms with Crippen LogP contribution in [0.4, 0.5) is 0 Å². The summed E-state index contributed by atoms with van der Waals surface area (Å²) in [7, 11) is 1.38. The smallest absolute Gasteiger partial charge is 0.318 e. The number of aryl methyl sites for hydroxylation is 3. The topological polar surface area (TPSA) is 61.2 Å². The Morgan fingerprint density at radius 3 is 2.86 bits per heavy atom. The Kier molecular flexibility index (Phi) is 5.55.